The molecule has 1 aliphatic carbocycles. The van der Waals surface area contributed by atoms with Crippen molar-refractivity contribution in [3.8, 4) is 11.4 Å². The average Bonchev–Trinajstić information content (AvgIpc) is 3.58. The Hall–Kier alpha value is -2.79. The highest BCUT2D eigenvalue weighted by atomic mass is 32.1. The van der Waals surface area contributed by atoms with Crippen LogP contribution in [0.1, 0.15) is 24.4 Å². The van der Waals surface area contributed by atoms with Gasteiger partial charge in [-0.25, -0.2) is 14.1 Å². The maximum atomic E-state index is 14.5. The second-order valence-electron chi connectivity index (χ2n) is 8.34. The zero-order chi connectivity index (χ0) is 23.2. The second kappa shape index (κ2) is 8.53. The van der Waals surface area contributed by atoms with Gasteiger partial charge in [0.25, 0.3) is 0 Å². The molecule has 33 heavy (non-hydrogen) atoms. The quantitative estimate of drug-likeness (QED) is 0.391. The Morgan fingerprint density at radius 2 is 1.73 bits per heavy atom. The molecule has 174 valence electrons. The fraction of sp³-hybridized carbons (Fsp3) is 0.409. The van der Waals surface area contributed by atoms with Crippen LogP contribution in [0, 0.1) is 10.6 Å². The summed E-state index contributed by atoms with van der Waals surface area (Å²) in [4.78, 5) is 8.12. The van der Waals surface area contributed by atoms with Crippen LogP contribution in [-0.4, -0.2) is 50.4 Å². The van der Waals surface area contributed by atoms with Gasteiger partial charge in [-0.3, -0.25) is 9.47 Å². The second-order valence-corrected chi connectivity index (χ2v) is 8.70. The highest BCUT2D eigenvalue weighted by Crippen LogP contribution is 2.39. The maximum absolute atomic E-state index is 14.5. The standard InChI is InChI=1S/C22H22F4N6S/c23-18-4-2-1-3-17(18)20-28-31(21(33)32(20)16-6-7-16)14-29-9-11-30(12-10-29)19-8-5-15(13-27-19)22(24,25)26/h1-5,8,13,16H,6-7,9-12,14H2. The number of nitrogens with zero attached hydrogens (tertiary/aromatic N) is 6. The van der Waals surface area contributed by atoms with Crippen LogP contribution in [0.25, 0.3) is 11.4 Å². The van der Waals surface area contributed by atoms with Crippen LogP contribution in [-0.2, 0) is 12.8 Å². The van der Waals surface area contributed by atoms with Crippen LogP contribution in [0.5, 0.6) is 0 Å². The van der Waals surface area contributed by atoms with Crippen molar-refractivity contribution in [2.75, 3.05) is 31.1 Å². The number of alkyl halides is 3. The van der Waals surface area contributed by atoms with E-state index in [9.17, 15) is 17.6 Å². The first-order chi connectivity index (χ1) is 15.8. The van der Waals surface area contributed by atoms with Crippen molar-refractivity contribution >= 4 is 18.0 Å². The summed E-state index contributed by atoms with van der Waals surface area (Å²) in [5.41, 5.74) is -0.316. The van der Waals surface area contributed by atoms with E-state index in [0.29, 0.717) is 54.8 Å². The number of aromatic nitrogens is 4. The minimum Gasteiger partial charge on any atom is -0.354 e. The Morgan fingerprint density at radius 3 is 2.33 bits per heavy atom. The summed E-state index contributed by atoms with van der Waals surface area (Å²) in [7, 11) is 0. The van der Waals surface area contributed by atoms with E-state index >= 15 is 0 Å². The number of halogens is 4. The van der Waals surface area contributed by atoms with Crippen molar-refractivity contribution < 1.29 is 17.6 Å². The molecule has 3 heterocycles. The van der Waals surface area contributed by atoms with E-state index in [0.717, 1.165) is 25.1 Å². The summed E-state index contributed by atoms with van der Waals surface area (Å²) in [6.45, 7) is 3.06. The van der Waals surface area contributed by atoms with Gasteiger partial charge in [-0.1, -0.05) is 12.1 Å². The predicted molar refractivity (Wildman–Crippen MR) is 118 cm³/mol. The molecule has 1 aromatic carbocycles. The van der Waals surface area contributed by atoms with E-state index in [1.165, 1.54) is 12.1 Å². The number of hydrogen-bond acceptors (Lipinski definition) is 5. The summed E-state index contributed by atoms with van der Waals surface area (Å²) in [6, 6.07) is 9.29. The van der Waals surface area contributed by atoms with E-state index in [-0.39, 0.29) is 11.9 Å². The molecule has 0 atom stereocenters. The normalized spacial score (nSPS) is 17.5. The van der Waals surface area contributed by atoms with Gasteiger partial charge in [0.05, 0.1) is 17.8 Å². The molecule has 0 N–H and O–H groups in total. The molecule has 0 spiro atoms. The lowest BCUT2D eigenvalue weighted by atomic mass is 10.2. The molecule has 0 radical (unpaired) electrons. The molecule has 0 unspecified atom stereocenters. The van der Waals surface area contributed by atoms with Gasteiger partial charge in [0, 0.05) is 38.4 Å². The summed E-state index contributed by atoms with van der Waals surface area (Å²) >= 11 is 5.68. The Labute approximate surface area is 193 Å². The van der Waals surface area contributed by atoms with Gasteiger partial charge in [0.15, 0.2) is 10.6 Å². The van der Waals surface area contributed by atoms with Crippen molar-refractivity contribution in [1.29, 1.82) is 0 Å². The summed E-state index contributed by atoms with van der Waals surface area (Å²) < 4.78 is 57.0. The van der Waals surface area contributed by atoms with Gasteiger partial charge in [0.1, 0.15) is 11.6 Å². The molecule has 5 rings (SSSR count). The fourth-order valence-corrected chi connectivity index (χ4v) is 4.38. The average molecular weight is 479 g/mol. The van der Waals surface area contributed by atoms with E-state index in [1.807, 2.05) is 9.47 Å². The lowest BCUT2D eigenvalue weighted by molar-refractivity contribution is -0.137. The van der Waals surface area contributed by atoms with E-state index in [4.69, 9.17) is 12.2 Å². The number of pyridine rings is 1. The molecule has 2 fully saturated rings. The summed E-state index contributed by atoms with van der Waals surface area (Å²) in [5, 5.41) is 4.67. The minimum atomic E-state index is -4.39. The monoisotopic (exact) mass is 478 g/mol. The first-order valence-corrected chi connectivity index (χ1v) is 11.2. The molecule has 1 saturated heterocycles. The summed E-state index contributed by atoms with van der Waals surface area (Å²) in [5.74, 6) is 0.747. The molecular weight excluding hydrogens is 456 g/mol. The molecule has 0 bridgehead atoms. The largest absolute Gasteiger partial charge is 0.417 e. The van der Waals surface area contributed by atoms with Gasteiger partial charge >= 0.3 is 6.18 Å². The molecule has 1 saturated carbocycles. The lowest BCUT2D eigenvalue weighted by Crippen LogP contribution is -2.47. The predicted octanol–water partition coefficient (Wildman–Crippen LogP) is 4.75. The minimum absolute atomic E-state index is 0.253. The third-order valence-corrected chi connectivity index (χ3v) is 6.41. The Kier molecular flexibility index (Phi) is 5.69. The van der Waals surface area contributed by atoms with Crippen molar-refractivity contribution in [3.05, 3.63) is 58.7 Å². The van der Waals surface area contributed by atoms with Gasteiger partial charge in [-0.05, 0) is 49.3 Å². The zero-order valence-corrected chi connectivity index (χ0v) is 18.5. The van der Waals surface area contributed by atoms with Crippen molar-refractivity contribution in [2.45, 2.75) is 31.7 Å². The SMILES string of the molecule is Fc1ccccc1-c1nn(CN2CCN(c3ccc(C(F)(F)F)cn3)CC2)c(=S)n1C1CC1. The van der Waals surface area contributed by atoms with Crippen LogP contribution in [0.3, 0.4) is 0 Å². The van der Waals surface area contributed by atoms with E-state index in [1.54, 1.807) is 22.9 Å². The highest BCUT2D eigenvalue weighted by molar-refractivity contribution is 7.71. The van der Waals surface area contributed by atoms with Gasteiger partial charge in [0.2, 0.25) is 0 Å². The van der Waals surface area contributed by atoms with Crippen molar-refractivity contribution in [2.24, 2.45) is 0 Å². The lowest BCUT2D eigenvalue weighted by Gasteiger charge is -2.35. The fourth-order valence-electron chi connectivity index (χ4n) is 4.05. The van der Waals surface area contributed by atoms with Crippen LogP contribution in [0.4, 0.5) is 23.4 Å². The van der Waals surface area contributed by atoms with Gasteiger partial charge in [-0.2, -0.15) is 18.3 Å². The Bertz CT molecular complexity index is 1190. The molecule has 0 amide bonds. The van der Waals surface area contributed by atoms with E-state index in [2.05, 4.69) is 15.0 Å². The highest BCUT2D eigenvalue weighted by Gasteiger charge is 2.32. The van der Waals surface area contributed by atoms with Gasteiger partial charge < -0.3 is 4.90 Å². The maximum Gasteiger partial charge on any atom is 0.417 e. The van der Waals surface area contributed by atoms with Gasteiger partial charge in [-0.15, -0.1) is 0 Å². The molecule has 3 aromatic rings. The smallest absolute Gasteiger partial charge is 0.354 e. The first kappa shape index (κ1) is 22.0. The van der Waals surface area contributed by atoms with E-state index < -0.39 is 11.7 Å². The zero-order valence-electron chi connectivity index (χ0n) is 17.7. The summed E-state index contributed by atoms with van der Waals surface area (Å²) in [6.07, 6.45) is -1.52. The number of piperazine rings is 1. The van der Waals surface area contributed by atoms with Crippen LogP contribution in [0.2, 0.25) is 0 Å². The number of benzene rings is 1. The Morgan fingerprint density at radius 1 is 1.00 bits per heavy atom. The molecule has 2 aliphatic rings. The van der Waals surface area contributed by atoms with Crippen LogP contribution in [0.15, 0.2) is 42.6 Å². The molecule has 6 nitrogen and oxygen atoms in total. The first-order valence-electron chi connectivity index (χ1n) is 10.8. The third kappa shape index (κ3) is 4.51. The van der Waals surface area contributed by atoms with Crippen LogP contribution < -0.4 is 4.90 Å². The number of anilines is 1. The molecular formula is C22H22F4N6S. The van der Waals surface area contributed by atoms with Crippen molar-refractivity contribution in [3.63, 3.8) is 0 Å². The number of hydrogen-bond donors (Lipinski definition) is 0. The Balaban J connectivity index is 1.29. The molecule has 2 aromatic heterocycles. The number of rotatable bonds is 5. The van der Waals surface area contributed by atoms with Crippen molar-refractivity contribution in [1.82, 2.24) is 24.2 Å². The molecule has 1 aliphatic heterocycles. The molecule has 11 heteroatoms. The third-order valence-electron chi connectivity index (χ3n) is 6.00. The topological polar surface area (TPSA) is 42.1 Å². The van der Waals surface area contributed by atoms with Crippen LogP contribution >= 0.6 is 12.2 Å².